The second-order valence-corrected chi connectivity index (χ2v) is 6.56. The lowest BCUT2D eigenvalue weighted by Crippen LogP contribution is -2.35. The number of carbonyl (C=O) groups excluding carboxylic acids is 3. The molecule has 0 bridgehead atoms. The Morgan fingerprint density at radius 3 is 2.35 bits per heavy atom. The molecule has 1 N–H and O–H groups in total. The van der Waals surface area contributed by atoms with Crippen molar-refractivity contribution in [3.63, 3.8) is 0 Å². The summed E-state index contributed by atoms with van der Waals surface area (Å²) in [5.74, 6) is -0.0435. The number of hydrogen-bond acceptors (Lipinski definition) is 3. The van der Waals surface area contributed by atoms with E-state index in [1.54, 1.807) is 0 Å². The van der Waals surface area contributed by atoms with E-state index < -0.39 is 0 Å². The number of nitrogens with one attached hydrogen (secondary N) is 1. The van der Waals surface area contributed by atoms with E-state index in [-0.39, 0.29) is 49.6 Å². The number of halogens is 1. The summed E-state index contributed by atoms with van der Waals surface area (Å²) in [5, 5.41) is 3.70. The zero-order valence-corrected chi connectivity index (χ0v) is 13.5. The van der Waals surface area contributed by atoms with E-state index in [4.69, 9.17) is 11.6 Å². The highest BCUT2D eigenvalue weighted by Gasteiger charge is 2.34. The van der Waals surface area contributed by atoms with Crippen molar-refractivity contribution < 1.29 is 14.4 Å². The van der Waals surface area contributed by atoms with Gasteiger partial charge in [0.05, 0.1) is 6.04 Å². The van der Waals surface area contributed by atoms with E-state index in [0.29, 0.717) is 10.9 Å². The van der Waals surface area contributed by atoms with E-state index in [0.717, 1.165) is 18.4 Å². The van der Waals surface area contributed by atoms with Crippen molar-refractivity contribution in [1.82, 2.24) is 10.2 Å². The summed E-state index contributed by atoms with van der Waals surface area (Å²) in [6.45, 7) is 0.168. The van der Waals surface area contributed by atoms with Gasteiger partial charge in [0.2, 0.25) is 17.7 Å². The van der Waals surface area contributed by atoms with Crippen molar-refractivity contribution in [3.05, 3.63) is 34.9 Å². The molecule has 3 amide bonds. The number of benzene rings is 1. The number of carbonyl (C=O) groups is 3. The lowest BCUT2D eigenvalue weighted by Gasteiger charge is -2.20. The zero-order chi connectivity index (χ0) is 16.4. The molecule has 1 saturated carbocycles. The van der Waals surface area contributed by atoms with Gasteiger partial charge in [0.15, 0.2) is 0 Å². The molecule has 1 aromatic carbocycles. The van der Waals surface area contributed by atoms with Crippen LogP contribution in [0.25, 0.3) is 0 Å². The molecule has 1 unspecified atom stereocenters. The number of amides is 3. The Morgan fingerprint density at radius 1 is 1.17 bits per heavy atom. The monoisotopic (exact) mass is 334 g/mol. The standard InChI is InChI=1S/C17H19ClN2O3/c18-13-5-3-12(4-6-13)17(11-1-2-11)19-14(21)9-10-20-15(22)7-8-16(20)23/h3-6,11,17H,1-2,7-10H2,(H,19,21). The molecule has 3 rings (SSSR count). The normalized spacial score (nSPS) is 19.1. The van der Waals surface area contributed by atoms with Gasteiger partial charge in [0.1, 0.15) is 0 Å². The maximum absolute atomic E-state index is 12.2. The van der Waals surface area contributed by atoms with Crippen molar-refractivity contribution in [2.24, 2.45) is 5.92 Å². The second-order valence-electron chi connectivity index (χ2n) is 6.12. The van der Waals surface area contributed by atoms with E-state index in [1.807, 2.05) is 24.3 Å². The molecule has 2 aliphatic rings. The van der Waals surface area contributed by atoms with Gasteiger partial charge in [-0.2, -0.15) is 0 Å². The Labute approximate surface area is 140 Å². The number of imide groups is 1. The Hall–Kier alpha value is -1.88. The van der Waals surface area contributed by atoms with Crippen molar-refractivity contribution >= 4 is 29.3 Å². The maximum Gasteiger partial charge on any atom is 0.229 e. The maximum atomic E-state index is 12.2. The fourth-order valence-corrected chi connectivity index (χ4v) is 3.03. The minimum absolute atomic E-state index is 0.0234. The molecule has 0 radical (unpaired) electrons. The van der Waals surface area contributed by atoms with E-state index in [2.05, 4.69) is 5.32 Å². The van der Waals surface area contributed by atoms with Crippen LogP contribution in [-0.4, -0.2) is 29.2 Å². The van der Waals surface area contributed by atoms with Crippen molar-refractivity contribution in [1.29, 1.82) is 0 Å². The molecule has 6 heteroatoms. The Balaban J connectivity index is 1.57. The molecule has 1 saturated heterocycles. The molecule has 122 valence electrons. The molecular formula is C17H19ClN2O3. The van der Waals surface area contributed by atoms with E-state index in [9.17, 15) is 14.4 Å². The van der Waals surface area contributed by atoms with Gasteiger partial charge >= 0.3 is 0 Å². The molecule has 1 aliphatic heterocycles. The van der Waals surface area contributed by atoms with Crippen LogP contribution in [0.5, 0.6) is 0 Å². The molecule has 0 spiro atoms. The first kappa shape index (κ1) is 16.0. The Kier molecular flexibility index (Phi) is 4.66. The SMILES string of the molecule is O=C(CCN1C(=O)CCC1=O)NC(c1ccc(Cl)cc1)C1CC1. The summed E-state index contributed by atoms with van der Waals surface area (Å²) in [6.07, 6.45) is 2.85. The summed E-state index contributed by atoms with van der Waals surface area (Å²) in [7, 11) is 0. The van der Waals surface area contributed by atoms with Gasteiger partial charge in [0, 0.05) is 30.8 Å². The van der Waals surface area contributed by atoms with Gasteiger partial charge in [0.25, 0.3) is 0 Å². The number of nitrogens with zero attached hydrogens (tertiary/aromatic N) is 1. The van der Waals surface area contributed by atoms with Gasteiger partial charge in [-0.25, -0.2) is 0 Å². The average molecular weight is 335 g/mol. The third-order valence-electron chi connectivity index (χ3n) is 4.36. The predicted molar refractivity (Wildman–Crippen MR) is 85.6 cm³/mol. The fraction of sp³-hybridized carbons (Fsp3) is 0.471. The lowest BCUT2D eigenvalue weighted by molar-refractivity contribution is -0.138. The number of likely N-dealkylation sites (tertiary alicyclic amines) is 1. The minimum atomic E-state index is -0.181. The summed E-state index contributed by atoms with van der Waals surface area (Å²) in [5.41, 5.74) is 1.04. The summed E-state index contributed by atoms with van der Waals surface area (Å²) in [4.78, 5) is 36.5. The van der Waals surface area contributed by atoms with Crippen LogP contribution >= 0.6 is 11.6 Å². The molecule has 0 aromatic heterocycles. The zero-order valence-electron chi connectivity index (χ0n) is 12.8. The molecule has 1 heterocycles. The molecular weight excluding hydrogens is 316 g/mol. The lowest BCUT2D eigenvalue weighted by atomic mass is 10.0. The predicted octanol–water partition coefficient (Wildman–Crippen LogP) is 2.45. The van der Waals surface area contributed by atoms with Gasteiger partial charge in [-0.05, 0) is 36.5 Å². The minimum Gasteiger partial charge on any atom is -0.349 e. The van der Waals surface area contributed by atoms with Crippen LogP contribution in [0.1, 0.15) is 43.7 Å². The fourth-order valence-electron chi connectivity index (χ4n) is 2.90. The van der Waals surface area contributed by atoms with Gasteiger partial charge in [-0.3, -0.25) is 19.3 Å². The third-order valence-corrected chi connectivity index (χ3v) is 4.61. The first-order valence-electron chi connectivity index (χ1n) is 7.92. The summed E-state index contributed by atoms with van der Waals surface area (Å²) in [6, 6.07) is 7.47. The van der Waals surface area contributed by atoms with Crippen LogP contribution in [0.15, 0.2) is 24.3 Å². The smallest absolute Gasteiger partial charge is 0.229 e. The van der Waals surface area contributed by atoms with Crippen molar-refractivity contribution in [2.45, 2.75) is 38.1 Å². The van der Waals surface area contributed by atoms with Crippen LogP contribution < -0.4 is 5.32 Å². The van der Waals surface area contributed by atoms with Crippen LogP contribution in [0.4, 0.5) is 0 Å². The van der Waals surface area contributed by atoms with Gasteiger partial charge in [-0.1, -0.05) is 23.7 Å². The second kappa shape index (κ2) is 6.71. The number of hydrogen-bond donors (Lipinski definition) is 1. The highest BCUT2D eigenvalue weighted by molar-refractivity contribution is 6.30. The van der Waals surface area contributed by atoms with Gasteiger partial charge < -0.3 is 5.32 Å². The van der Waals surface area contributed by atoms with Crippen molar-refractivity contribution in [2.75, 3.05) is 6.54 Å². The van der Waals surface area contributed by atoms with Gasteiger partial charge in [-0.15, -0.1) is 0 Å². The first-order chi connectivity index (χ1) is 11.0. The van der Waals surface area contributed by atoms with Crippen molar-refractivity contribution in [3.8, 4) is 0 Å². The molecule has 23 heavy (non-hydrogen) atoms. The summed E-state index contributed by atoms with van der Waals surface area (Å²) >= 11 is 5.91. The summed E-state index contributed by atoms with van der Waals surface area (Å²) < 4.78 is 0. The van der Waals surface area contributed by atoms with Crippen LogP contribution in [0.3, 0.4) is 0 Å². The third kappa shape index (κ3) is 3.91. The molecule has 5 nitrogen and oxygen atoms in total. The van der Waals surface area contributed by atoms with Crippen LogP contribution in [0.2, 0.25) is 5.02 Å². The molecule has 1 aliphatic carbocycles. The highest BCUT2D eigenvalue weighted by atomic mass is 35.5. The topological polar surface area (TPSA) is 66.5 Å². The van der Waals surface area contributed by atoms with Crippen LogP contribution in [-0.2, 0) is 14.4 Å². The molecule has 1 aromatic rings. The Bertz CT molecular complexity index is 609. The first-order valence-corrected chi connectivity index (χ1v) is 8.30. The van der Waals surface area contributed by atoms with E-state index in [1.165, 1.54) is 4.90 Å². The largest absolute Gasteiger partial charge is 0.349 e. The Morgan fingerprint density at radius 2 is 1.78 bits per heavy atom. The van der Waals surface area contributed by atoms with E-state index >= 15 is 0 Å². The quantitative estimate of drug-likeness (QED) is 0.813. The highest BCUT2D eigenvalue weighted by Crippen LogP contribution is 2.41. The number of rotatable bonds is 6. The molecule has 1 atom stereocenters. The van der Waals surface area contributed by atoms with Crippen LogP contribution in [0, 0.1) is 5.92 Å². The average Bonchev–Trinajstić information content (AvgIpc) is 3.31. The molecule has 2 fully saturated rings.